The average molecular weight is 649 g/mol. The van der Waals surface area contributed by atoms with Gasteiger partial charge in [0.2, 0.25) is 11.3 Å². The molecule has 0 atom stereocenters. The van der Waals surface area contributed by atoms with Gasteiger partial charge in [-0.2, -0.15) is 0 Å². The van der Waals surface area contributed by atoms with E-state index in [1.807, 2.05) is 21.6 Å². The second kappa shape index (κ2) is 12.9. The minimum absolute atomic E-state index is 0.0532. The van der Waals surface area contributed by atoms with Gasteiger partial charge >= 0.3 is 5.97 Å². The number of fused-ring (bicyclic) bond motifs is 1. The van der Waals surface area contributed by atoms with E-state index in [0.717, 1.165) is 24.5 Å². The van der Waals surface area contributed by atoms with Gasteiger partial charge in [0.1, 0.15) is 11.4 Å². The van der Waals surface area contributed by atoms with E-state index < -0.39 is 17.2 Å². The van der Waals surface area contributed by atoms with Gasteiger partial charge in [0, 0.05) is 55.9 Å². The largest absolute Gasteiger partial charge is 0.493 e. The van der Waals surface area contributed by atoms with Gasteiger partial charge in [-0.05, 0) is 43.2 Å². The predicted molar refractivity (Wildman–Crippen MR) is 172 cm³/mol. The number of hydrogen-bond donors (Lipinski definition) is 1. The van der Waals surface area contributed by atoms with E-state index in [1.54, 1.807) is 41.9 Å². The van der Waals surface area contributed by atoms with E-state index in [1.165, 1.54) is 18.0 Å². The SMILES string of the molecule is C=CCn1c(SCC(=O)N2CCN(c3cc4c(cc3F)c(=O)c(C(=O)O)cn4C3CC3)CC2)nnc1-c1ccc(OC)c(OC)c1. The summed E-state index contributed by atoms with van der Waals surface area (Å²) in [5, 5.41) is 18.8. The van der Waals surface area contributed by atoms with Gasteiger partial charge in [-0.3, -0.25) is 14.2 Å². The van der Waals surface area contributed by atoms with Gasteiger partial charge in [0.25, 0.3) is 0 Å². The number of carbonyl (C=O) groups is 2. The molecular weight excluding hydrogens is 615 g/mol. The summed E-state index contributed by atoms with van der Waals surface area (Å²) >= 11 is 1.28. The molecule has 0 radical (unpaired) electrons. The van der Waals surface area contributed by atoms with E-state index in [9.17, 15) is 19.5 Å². The van der Waals surface area contributed by atoms with Crippen LogP contribution in [0.15, 0.2) is 59.1 Å². The highest BCUT2D eigenvalue weighted by Crippen LogP contribution is 2.38. The number of aromatic carboxylic acids is 1. The third-order valence-corrected chi connectivity index (χ3v) is 9.19. The number of methoxy groups -OCH3 is 2. The van der Waals surface area contributed by atoms with Crippen LogP contribution in [0, 0.1) is 5.82 Å². The molecule has 1 saturated heterocycles. The van der Waals surface area contributed by atoms with E-state index in [-0.39, 0.29) is 28.7 Å². The third-order valence-electron chi connectivity index (χ3n) is 8.24. The Labute approximate surface area is 268 Å². The number of amides is 1. The fourth-order valence-corrected chi connectivity index (χ4v) is 6.55. The highest BCUT2D eigenvalue weighted by molar-refractivity contribution is 7.99. The fourth-order valence-electron chi connectivity index (χ4n) is 5.70. The standard InChI is InChI=1S/C32H33FN6O6S/c1-4-9-38-30(19-5-8-26(44-2)27(14-19)45-3)34-35-32(38)46-18-28(40)37-12-10-36(11-13-37)25-16-24-21(15-23(25)33)29(41)22(31(42)43)17-39(24)20-6-7-20/h4-5,8,14-17,20H,1,6-7,9-13,18H2,2-3H3,(H,42,43). The molecule has 14 heteroatoms. The molecule has 12 nitrogen and oxygen atoms in total. The number of piperazine rings is 1. The van der Waals surface area contributed by atoms with Gasteiger partial charge in [0.15, 0.2) is 22.5 Å². The Bertz CT molecular complexity index is 1900. The summed E-state index contributed by atoms with van der Waals surface area (Å²) in [6.07, 6.45) is 4.83. The molecule has 1 saturated carbocycles. The van der Waals surface area contributed by atoms with Gasteiger partial charge < -0.3 is 28.9 Å². The molecule has 0 bridgehead atoms. The number of halogens is 1. The van der Waals surface area contributed by atoms with Crippen molar-refractivity contribution in [2.75, 3.05) is 51.1 Å². The van der Waals surface area contributed by atoms with Crippen molar-refractivity contribution in [3.63, 3.8) is 0 Å². The van der Waals surface area contributed by atoms with Crippen molar-refractivity contribution in [1.29, 1.82) is 0 Å². The van der Waals surface area contributed by atoms with E-state index in [4.69, 9.17) is 9.47 Å². The van der Waals surface area contributed by atoms with Crippen molar-refractivity contribution >= 4 is 40.2 Å². The molecule has 2 aliphatic rings. The lowest BCUT2D eigenvalue weighted by atomic mass is 10.1. The quantitative estimate of drug-likeness (QED) is 0.188. The Balaban J connectivity index is 1.14. The van der Waals surface area contributed by atoms with Crippen molar-refractivity contribution < 1.29 is 28.6 Å². The number of nitrogens with zero attached hydrogens (tertiary/aromatic N) is 6. The van der Waals surface area contributed by atoms with Crippen LogP contribution in [-0.4, -0.2) is 87.4 Å². The summed E-state index contributed by atoms with van der Waals surface area (Å²) in [6, 6.07) is 8.33. The Morgan fingerprint density at radius 1 is 1.09 bits per heavy atom. The second-order valence-corrected chi connectivity index (χ2v) is 12.0. The number of carboxylic acids is 1. The molecule has 240 valence electrons. The van der Waals surface area contributed by atoms with Crippen LogP contribution in [0.5, 0.6) is 11.5 Å². The Morgan fingerprint density at radius 2 is 1.83 bits per heavy atom. The molecular formula is C32H33FN6O6S. The molecule has 1 aliphatic heterocycles. The van der Waals surface area contributed by atoms with E-state index >= 15 is 4.39 Å². The zero-order valence-corrected chi connectivity index (χ0v) is 26.3. The summed E-state index contributed by atoms with van der Waals surface area (Å²) in [6.45, 7) is 5.87. The monoisotopic (exact) mass is 648 g/mol. The Morgan fingerprint density at radius 3 is 2.48 bits per heavy atom. The number of ether oxygens (including phenoxy) is 2. The molecule has 46 heavy (non-hydrogen) atoms. The van der Waals surface area contributed by atoms with Crippen molar-refractivity contribution in [3.8, 4) is 22.9 Å². The van der Waals surface area contributed by atoms with Crippen LogP contribution in [0.1, 0.15) is 29.2 Å². The number of rotatable bonds is 11. The second-order valence-electron chi connectivity index (χ2n) is 11.1. The van der Waals surface area contributed by atoms with Crippen LogP contribution in [0.2, 0.25) is 0 Å². The number of aromatic nitrogens is 4. The Kier molecular flexibility index (Phi) is 8.71. The number of carboxylic acid groups (broad SMARTS) is 1. The number of thioether (sulfide) groups is 1. The molecule has 0 unspecified atom stereocenters. The zero-order chi connectivity index (χ0) is 32.5. The molecule has 2 aromatic carbocycles. The number of pyridine rings is 1. The molecule has 1 amide bonds. The molecule has 2 fully saturated rings. The smallest absolute Gasteiger partial charge is 0.341 e. The van der Waals surface area contributed by atoms with Crippen molar-refractivity contribution in [2.24, 2.45) is 0 Å². The molecule has 3 heterocycles. The van der Waals surface area contributed by atoms with E-state index in [0.29, 0.717) is 66.4 Å². The van der Waals surface area contributed by atoms with Crippen molar-refractivity contribution in [1.82, 2.24) is 24.2 Å². The molecule has 1 aliphatic carbocycles. The van der Waals surface area contributed by atoms with E-state index in [2.05, 4.69) is 16.8 Å². The lowest BCUT2D eigenvalue weighted by molar-refractivity contribution is -0.128. The zero-order valence-electron chi connectivity index (χ0n) is 25.4. The first-order valence-electron chi connectivity index (χ1n) is 14.8. The van der Waals surface area contributed by atoms with Crippen LogP contribution in [0.3, 0.4) is 0 Å². The highest BCUT2D eigenvalue weighted by Gasteiger charge is 2.29. The average Bonchev–Trinajstić information content (AvgIpc) is 3.83. The van der Waals surface area contributed by atoms with Gasteiger partial charge in [-0.1, -0.05) is 17.8 Å². The van der Waals surface area contributed by atoms with Crippen LogP contribution < -0.4 is 19.8 Å². The van der Waals surface area contributed by atoms with Crippen molar-refractivity contribution in [2.45, 2.75) is 30.6 Å². The summed E-state index contributed by atoms with van der Waals surface area (Å²) in [5.41, 5.74) is 0.554. The normalized spacial score (nSPS) is 14.8. The maximum atomic E-state index is 15.4. The number of benzene rings is 2. The number of anilines is 1. The molecule has 4 aromatic rings. The number of allylic oxidation sites excluding steroid dienone is 1. The van der Waals surface area contributed by atoms with Gasteiger partial charge in [0.05, 0.1) is 31.2 Å². The lowest BCUT2D eigenvalue weighted by Crippen LogP contribution is -2.49. The maximum absolute atomic E-state index is 15.4. The predicted octanol–water partition coefficient (Wildman–Crippen LogP) is 4.08. The maximum Gasteiger partial charge on any atom is 0.341 e. The van der Waals surface area contributed by atoms with Crippen LogP contribution in [0.25, 0.3) is 22.3 Å². The van der Waals surface area contributed by atoms with Crippen LogP contribution in [-0.2, 0) is 11.3 Å². The van der Waals surface area contributed by atoms with Crippen LogP contribution in [0.4, 0.5) is 10.1 Å². The number of hydrogen-bond acceptors (Lipinski definition) is 9. The summed E-state index contributed by atoms with van der Waals surface area (Å²) in [7, 11) is 3.13. The fraction of sp³-hybridized carbons (Fsp3) is 0.344. The third kappa shape index (κ3) is 5.91. The topological polar surface area (TPSA) is 132 Å². The molecule has 2 aromatic heterocycles. The summed E-state index contributed by atoms with van der Waals surface area (Å²) < 4.78 is 29.8. The minimum atomic E-state index is -1.33. The van der Waals surface area contributed by atoms with Crippen molar-refractivity contribution in [3.05, 3.63) is 70.8 Å². The number of carbonyl (C=O) groups excluding carboxylic acids is 1. The molecule has 6 rings (SSSR count). The first-order chi connectivity index (χ1) is 22.2. The first kappa shape index (κ1) is 31.1. The van der Waals surface area contributed by atoms with Gasteiger partial charge in [-0.15, -0.1) is 16.8 Å². The first-order valence-corrected chi connectivity index (χ1v) is 15.8. The Hall–Kier alpha value is -4.85. The lowest BCUT2D eigenvalue weighted by Gasteiger charge is -2.36. The van der Waals surface area contributed by atoms with Gasteiger partial charge in [-0.25, -0.2) is 9.18 Å². The minimum Gasteiger partial charge on any atom is -0.493 e. The summed E-state index contributed by atoms with van der Waals surface area (Å²) in [5.74, 6) is -0.102. The molecule has 0 spiro atoms. The highest BCUT2D eigenvalue weighted by atomic mass is 32.2. The molecule has 1 N–H and O–H groups in total. The van der Waals surface area contributed by atoms with Crippen LogP contribution >= 0.6 is 11.8 Å². The summed E-state index contributed by atoms with van der Waals surface area (Å²) in [4.78, 5) is 41.3.